The molecule has 2 rings (SSSR count). The minimum atomic E-state index is -3.58. The van der Waals surface area contributed by atoms with Crippen molar-refractivity contribution < 1.29 is 23.1 Å². The molecule has 1 heterocycles. The molecule has 1 aromatic rings. The third kappa shape index (κ3) is 4.38. The topological polar surface area (TPSA) is 104 Å². The fraction of sp³-hybridized carbons (Fsp3) is 0.529. The van der Waals surface area contributed by atoms with E-state index in [9.17, 15) is 18.0 Å². The van der Waals surface area contributed by atoms with Crippen LogP contribution < -0.4 is 5.32 Å². The number of amides is 1. The molecule has 0 saturated carbocycles. The van der Waals surface area contributed by atoms with Crippen LogP contribution in [0.15, 0.2) is 23.1 Å². The fourth-order valence-electron chi connectivity index (χ4n) is 2.77. The molecule has 7 nitrogen and oxygen atoms in total. The normalized spacial score (nSPS) is 17.9. The number of aryl methyl sites for hydroxylation is 2. The third-order valence-electron chi connectivity index (χ3n) is 4.67. The van der Waals surface area contributed by atoms with Crippen LogP contribution in [-0.2, 0) is 19.6 Å². The van der Waals surface area contributed by atoms with Crippen molar-refractivity contribution in [3.63, 3.8) is 0 Å². The summed E-state index contributed by atoms with van der Waals surface area (Å²) in [5.41, 5.74) is 1.94. The summed E-state index contributed by atoms with van der Waals surface area (Å²) < 4.78 is 26.9. The number of nitrogens with zero attached hydrogens (tertiary/aromatic N) is 1. The summed E-state index contributed by atoms with van der Waals surface area (Å²) in [4.78, 5) is 23.1. The van der Waals surface area contributed by atoms with Crippen molar-refractivity contribution in [3.8, 4) is 0 Å². The van der Waals surface area contributed by atoms with Gasteiger partial charge in [-0.15, -0.1) is 0 Å². The number of hydrogen-bond donors (Lipinski definition) is 2. The van der Waals surface area contributed by atoms with E-state index in [0.717, 1.165) is 11.1 Å². The zero-order valence-electron chi connectivity index (χ0n) is 14.7. The zero-order valence-corrected chi connectivity index (χ0v) is 15.5. The van der Waals surface area contributed by atoms with Crippen LogP contribution in [0.25, 0.3) is 0 Å². The van der Waals surface area contributed by atoms with Gasteiger partial charge in [-0.1, -0.05) is 6.07 Å². The second kappa shape index (κ2) is 7.53. The van der Waals surface area contributed by atoms with Gasteiger partial charge in [0.15, 0.2) is 0 Å². The van der Waals surface area contributed by atoms with E-state index < -0.39 is 22.0 Å². The van der Waals surface area contributed by atoms with E-state index in [0.29, 0.717) is 12.8 Å². The minimum Gasteiger partial charge on any atom is -0.480 e. The van der Waals surface area contributed by atoms with E-state index in [-0.39, 0.29) is 29.8 Å². The molecule has 2 N–H and O–H groups in total. The SMILES string of the molecule is Cc1ccc(S(=O)(=O)N2CCC(C(=O)NC(C)C(=O)O)CC2)cc1C. The lowest BCUT2D eigenvalue weighted by atomic mass is 9.97. The van der Waals surface area contributed by atoms with Gasteiger partial charge in [-0.2, -0.15) is 4.31 Å². The highest BCUT2D eigenvalue weighted by Crippen LogP contribution is 2.25. The van der Waals surface area contributed by atoms with Crippen molar-refractivity contribution in [1.82, 2.24) is 9.62 Å². The van der Waals surface area contributed by atoms with E-state index in [2.05, 4.69) is 5.32 Å². The fourth-order valence-corrected chi connectivity index (χ4v) is 4.33. The van der Waals surface area contributed by atoms with Crippen LogP contribution in [0.3, 0.4) is 0 Å². The van der Waals surface area contributed by atoms with Gasteiger partial charge < -0.3 is 10.4 Å². The molecule has 0 aliphatic carbocycles. The smallest absolute Gasteiger partial charge is 0.325 e. The van der Waals surface area contributed by atoms with Crippen LogP contribution >= 0.6 is 0 Å². The molecule has 1 saturated heterocycles. The molecule has 1 aromatic carbocycles. The third-order valence-corrected chi connectivity index (χ3v) is 6.56. The average Bonchev–Trinajstić information content (AvgIpc) is 2.57. The number of sulfonamides is 1. The van der Waals surface area contributed by atoms with E-state index in [1.165, 1.54) is 11.2 Å². The molecule has 8 heteroatoms. The van der Waals surface area contributed by atoms with Crippen molar-refractivity contribution in [1.29, 1.82) is 0 Å². The van der Waals surface area contributed by atoms with Crippen LogP contribution in [0.5, 0.6) is 0 Å². The first-order chi connectivity index (χ1) is 11.6. The first-order valence-electron chi connectivity index (χ1n) is 8.23. The quantitative estimate of drug-likeness (QED) is 0.815. The molecule has 1 fully saturated rings. The summed E-state index contributed by atoms with van der Waals surface area (Å²) in [5.74, 6) is -1.80. The molecular weight excluding hydrogens is 344 g/mol. The summed E-state index contributed by atoms with van der Waals surface area (Å²) in [7, 11) is -3.58. The van der Waals surface area contributed by atoms with Crippen LogP contribution in [0.4, 0.5) is 0 Å². The summed E-state index contributed by atoms with van der Waals surface area (Å²) >= 11 is 0. The van der Waals surface area contributed by atoms with Gasteiger partial charge in [-0.05, 0) is 56.9 Å². The molecule has 1 amide bonds. The lowest BCUT2D eigenvalue weighted by molar-refractivity contribution is -0.142. The highest BCUT2D eigenvalue weighted by molar-refractivity contribution is 7.89. The largest absolute Gasteiger partial charge is 0.480 e. The van der Waals surface area contributed by atoms with Gasteiger partial charge in [0.05, 0.1) is 4.90 Å². The molecular formula is C17H24N2O5S. The van der Waals surface area contributed by atoms with Gasteiger partial charge in [-0.3, -0.25) is 9.59 Å². The van der Waals surface area contributed by atoms with Crippen molar-refractivity contribution >= 4 is 21.9 Å². The minimum absolute atomic E-state index is 0.245. The Bertz CT molecular complexity index is 767. The molecule has 0 radical (unpaired) electrons. The number of carbonyl (C=O) groups excluding carboxylic acids is 1. The first kappa shape index (κ1) is 19.4. The van der Waals surface area contributed by atoms with E-state index in [1.54, 1.807) is 18.2 Å². The molecule has 0 aromatic heterocycles. The molecule has 0 bridgehead atoms. The van der Waals surface area contributed by atoms with E-state index in [1.807, 2.05) is 13.8 Å². The highest BCUT2D eigenvalue weighted by atomic mass is 32.2. The Morgan fingerprint density at radius 1 is 1.20 bits per heavy atom. The van der Waals surface area contributed by atoms with Gasteiger partial charge >= 0.3 is 5.97 Å². The first-order valence-corrected chi connectivity index (χ1v) is 9.67. The second-order valence-electron chi connectivity index (χ2n) is 6.49. The number of piperidine rings is 1. The average molecular weight is 368 g/mol. The van der Waals surface area contributed by atoms with Crippen LogP contribution in [0.2, 0.25) is 0 Å². The zero-order chi connectivity index (χ0) is 18.8. The van der Waals surface area contributed by atoms with Gasteiger partial charge in [0.1, 0.15) is 6.04 Å². The Labute approximate surface area is 148 Å². The van der Waals surface area contributed by atoms with Crippen molar-refractivity contribution in [3.05, 3.63) is 29.3 Å². The predicted octanol–water partition coefficient (Wildman–Crippen LogP) is 1.29. The molecule has 0 spiro atoms. The second-order valence-corrected chi connectivity index (χ2v) is 8.43. The van der Waals surface area contributed by atoms with Crippen molar-refractivity contribution in [2.75, 3.05) is 13.1 Å². The molecule has 138 valence electrons. The Morgan fingerprint density at radius 3 is 2.32 bits per heavy atom. The highest BCUT2D eigenvalue weighted by Gasteiger charge is 2.33. The Hall–Kier alpha value is -1.93. The van der Waals surface area contributed by atoms with Gasteiger partial charge in [0, 0.05) is 19.0 Å². The van der Waals surface area contributed by atoms with Crippen LogP contribution in [-0.4, -0.2) is 48.8 Å². The number of nitrogens with one attached hydrogen (secondary N) is 1. The number of benzene rings is 1. The molecule has 25 heavy (non-hydrogen) atoms. The maximum absolute atomic E-state index is 12.7. The summed E-state index contributed by atoms with van der Waals surface area (Å²) in [5, 5.41) is 11.3. The molecule has 1 atom stereocenters. The lowest BCUT2D eigenvalue weighted by Gasteiger charge is -2.31. The molecule has 1 unspecified atom stereocenters. The van der Waals surface area contributed by atoms with Crippen LogP contribution in [0, 0.1) is 19.8 Å². The molecule has 1 aliphatic heterocycles. The monoisotopic (exact) mass is 368 g/mol. The summed E-state index contributed by atoms with van der Waals surface area (Å²) in [6, 6.07) is 4.10. The van der Waals surface area contributed by atoms with Gasteiger partial charge in [0.25, 0.3) is 0 Å². The van der Waals surface area contributed by atoms with Crippen molar-refractivity contribution in [2.45, 2.75) is 44.6 Å². The van der Waals surface area contributed by atoms with Crippen molar-refractivity contribution in [2.24, 2.45) is 5.92 Å². The number of carboxylic acids is 1. The standard InChI is InChI=1S/C17H24N2O5S/c1-11-4-5-15(10-12(11)2)25(23,24)19-8-6-14(7-9-19)16(20)18-13(3)17(21)22/h4-5,10,13-14H,6-9H2,1-3H3,(H,18,20)(H,21,22). The number of carbonyl (C=O) groups is 2. The Balaban J connectivity index is 2.02. The Morgan fingerprint density at radius 2 is 1.80 bits per heavy atom. The molecule has 1 aliphatic rings. The van der Waals surface area contributed by atoms with Gasteiger partial charge in [-0.25, -0.2) is 8.42 Å². The number of carboxylic acid groups (broad SMARTS) is 1. The maximum Gasteiger partial charge on any atom is 0.325 e. The number of aliphatic carboxylic acids is 1. The predicted molar refractivity (Wildman–Crippen MR) is 92.6 cm³/mol. The van der Waals surface area contributed by atoms with Crippen LogP contribution in [0.1, 0.15) is 30.9 Å². The number of rotatable bonds is 5. The number of hydrogen-bond acceptors (Lipinski definition) is 4. The summed E-state index contributed by atoms with van der Waals surface area (Å²) in [6.45, 7) is 5.69. The van der Waals surface area contributed by atoms with Gasteiger partial charge in [0.2, 0.25) is 15.9 Å². The Kier molecular flexibility index (Phi) is 5.84. The van der Waals surface area contributed by atoms with E-state index in [4.69, 9.17) is 5.11 Å². The lowest BCUT2D eigenvalue weighted by Crippen LogP contribution is -2.46. The summed E-state index contributed by atoms with van der Waals surface area (Å²) in [6.07, 6.45) is 0.754. The maximum atomic E-state index is 12.7. The van der Waals surface area contributed by atoms with E-state index >= 15 is 0 Å².